The summed E-state index contributed by atoms with van der Waals surface area (Å²) in [6, 6.07) is 8.21. The number of rotatable bonds is 4. The van der Waals surface area contributed by atoms with Gasteiger partial charge < -0.3 is 5.11 Å². The maximum atomic E-state index is 9.77. The lowest BCUT2D eigenvalue weighted by molar-refractivity contribution is -0.311. The van der Waals surface area contributed by atoms with Crippen molar-refractivity contribution >= 4 is 0 Å². The number of piperidine rings is 1. The zero-order chi connectivity index (χ0) is 15.7. The Bertz CT molecular complexity index is 449. The molecule has 1 aliphatic rings. The van der Waals surface area contributed by atoms with Gasteiger partial charge in [0.15, 0.2) is 0 Å². The molecule has 118 valence electrons. The third-order valence-corrected chi connectivity index (χ3v) is 4.52. The van der Waals surface area contributed by atoms with Gasteiger partial charge in [0.05, 0.1) is 6.61 Å². The van der Waals surface area contributed by atoms with Crippen LogP contribution in [0, 0.1) is 6.92 Å². The summed E-state index contributed by atoms with van der Waals surface area (Å²) in [6.07, 6.45) is 3.14. The van der Waals surface area contributed by atoms with E-state index in [0.717, 1.165) is 18.4 Å². The smallest absolute Gasteiger partial charge is 0.127 e. The van der Waals surface area contributed by atoms with E-state index in [9.17, 15) is 5.11 Å². The van der Waals surface area contributed by atoms with Crippen LogP contribution in [0.3, 0.4) is 0 Å². The SMILES string of the molecule is Cc1ccc([C@H](CO)ON2C(C)(C)CCCC2(C)C)cc1. The van der Waals surface area contributed by atoms with Crippen molar-refractivity contribution in [1.82, 2.24) is 5.06 Å². The third-order valence-electron chi connectivity index (χ3n) is 4.52. The van der Waals surface area contributed by atoms with Crippen molar-refractivity contribution in [2.24, 2.45) is 0 Å². The molecular formula is C18H29NO2. The number of hydrogen-bond acceptors (Lipinski definition) is 3. The van der Waals surface area contributed by atoms with Gasteiger partial charge in [0.1, 0.15) is 6.10 Å². The Morgan fingerprint density at radius 1 is 1.10 bits per heavy atom. The molecule has 2 rings (SSSR count). The lowest BCUT2D eigenvalue weighted by Gasteiger charge is -2.52. The molecule has 21 heavy (non-hydrogen) atoms. The van der Waals surface area contributed by atoms with Crippen LogP contribution in [0.4, 0.5) is 0 Å². The highest BCUT2D eigenvalue weighted by Crippen LogP contribution is 2.40. The molecule has 0 radical (unpaired) electrons. The van der Waals surface area contributed by atoms with Crippen molar-refractivity contribution < 1.29 is 9.94 Å². The number of aliphatic hydroxyl groups is 1. The molecule has 1 atom stereocenters. The Kier molecular flexibility index (Phi) is 4.76. The molecule has 3 nitrogen and oxygen atoms in total. The molecule has 0 bridgehead atoms. The Labute approximate surface area is 128 Å². The number of benzene rings is 1. The second kappa shape index (κ2) is 6.07. The molecule has 1 N–H and O–H groups in total. The van der Waals surface area contributed by atoms with Crippen LogP contribution in [0.15, 0.2) is 24.3 Å². The van der Waals surface area contributed by atoms with Crippen LogP contribution in [-0.4, -0.2) is 27.9 Å². The van der Waals surface area contributed by atoms with E-state index in [1.807, 2.05) is 12.1 Å². The van der Waals surface area contributed by atoms with Gasteiger partial charge in [-0.05, 0) is 59.4 Å². The van der Waals surface area contributed by atoms with E-state index in [-0.39, 0.29) is 23.8 Å². The molecule has 0 unspecified atom stereocenters. The van der Waals surface area contributed by atoms with Crippen molar-refractivity contribution in [2.45, 2.75) is 71.1 Å². The number of aryl methyl sites for hydroxylation is 1. The van der Waals surface area contributed by atoms with Crippen molar-refractivity contribution in [2.75, 3.05) is 6.61 Å². The molecule has 0 saturated carbocycles. The van der Waals surface area contributed by atoms with E-state index < -0.39 is 0 Å². The van der Waals surface area contributed by atoms with Crippen LogP contribution in [0.2, 0.25) is 0 Å². The predicted octanol–water partition coefficient (Wildman–Crippen LogP) is 4.00. The maximum Gasteiger partial charge on any atom is 0.127 e. The molecule has 1 saturated heterocycles. The quantitative estimate of drug-likeness (QED) is 0.910. The monoisotopic (exact) mass is 291 g/mol. The zero-order valence-electron chi connectivity index (χ0n) is 14.0. The fraction of sp³-hybridized carbons (Fsp3) is 0.667. The molecule has 3 heteroatoms. The average molecular weight is 291 g/mol. The van der Waals surface area contributed by atoms with Crippen LogP contribution < -0.4 is 0 Å². The van der Waals surface area contributed by atoms with Crippen LogP contribution in [-0.2, 0) is 4.84 Å². The zero-order valence-corrected chi connectivity index (χ0v) is 14.0. The molecule has 1 aromatic rings. The van der Waals surface area contributed by atoms with Gasteiger partial charge in [-0.15, -0.1) is 0 Å². The van der Waals surface area contributed by atoms with Crippen molar-refractivity contribution in [1.29, 1.82) is 0 Å². The number of hydroxylamine groups is 2. The minimum Gasteiger partial charge on any atom is -0.393 e. The minimum absolute atomic E-state index is 0.00821. The van der Waals surface area contributed by atoms with E-state index in [2.05, 4.69) is 51.8 Å². The number of hydrogen-bond donors (Lipinski definition) is 1. The first-order valence-electron chi connectivity index (χ1n) is 7.91. The van der Waals surface area contributed by atoms with Gasteiger partial charge >= 0.3 is 0 Å². The second-order valence-corrected chi connectivity index (χ2v) is 7.46. The minimum atomic E-state index is -0.303. The Morgan fingerprint density at radius 3 is 2.10 bits per heavy atom. The van der Waals surface area contributed by atoms with Gasteiger partial charge in [-0.3, -0.25) is 4.84 Å². The molecular weight excluding hydrogens is 262 g/mol. The topological polar surface area (TPSA) is 32.7 Å². The highest BCUT2D eigenvalue weighted by Gasteiger charge is 2.43. The standard InChI is InChI=1S/C18H29NO2/c1-14-7-9-15(10-8-14)16(13-20)21-19-17(2,3)11-6-12-18(19,4)5/h7-10,16,20H,6,11-13H2,1-5H3/t16-/m0/s1. The van der Waals surface area contributed by atoms with Gasteiger partial charge in [0.25, 0.3) is 0 Å². The lowest BCUT2D eigenvalue weighted by Crippen LogP contribution is -2.58. The largest absolute Gasteiger partial charge is 0.393 e. The number of aliphatic hydroxyl groups excluding tert-OH is 1. The number of nitrogens with zero attached hydrogens (tertiary/aromatic N) is 1. The van der Waals surface area contributed by atoms with Crippen LogP contribution in [0.5, 0.6) is 0 Å². The van der Waals surface area contributed by atoms with Gasteiger partial charge in [-0.25, -0.2) is 0 Å². The van der Waals surface area contributed by atoms with Crippen molar-refractivity contribution in [3.63, 3.8) is 0 Å². The molecule has 0 aromatic heterocycles. The summed E-state index contributed by atoms with van der Waals surface area (Å²) in [7, 11) is 0. The first-order chi connectivity index (χ1) is 9.76. The summed E-state index contributed by atoms with van der Waals surface area (Å²) in [4.78, 5) is 6.28. The van der Waals surface area contributed by atoms with E-state index in [1.54, 1.807) is 0 Å². The van der Waals surface area contributed by atoms with E-state index >= 15 is 0 Å². The van der Waals surface area contributed by atoms with Gasteiger partial charge in [0.2, 0.25) is 0 Å². The molecule has 1 aliphatic heterocycles. The van der Waals surface area contributed by atoms with E-state index in [1.165, 1.54) is 12.0 Å². The predicted molar refractivity (Wildman–Crippen MR) is 85.9 cm³/mol. The van der Waals surface area contributed by atoms with Crippen molar-refractivity contribution in [3.8, 4) is 0 Å². The summed E-state index contributed by atoms with van der Waals surface area (Å²) in [5, 5.41) is 11.9. The lowest BCUT2D eigenvalue weighted by atomic mass is 9.82. The fourth-order valence-electron chi connectivity index (χ4n) is 3.37. The first-order valence-corrected chi connectivity index (χ1v) is 7.91. The van der Waals surface area contributed by atoms with Gasteiger partial charge in [-0.2, -0.15) is 5.06 Å². The van der Waals surface area contributed by atoms with Crippen LogP contribution in [0.1, 0.15) is 64.2 Å². The molecule has 0 aliphatic carbocycles. The molecule has 0 amide bonds. The summed E-state index contributed by atoms with van der Waals surface area (Å²) in [6.45, 7) is 10.9. The summed E-state index contributed by atoms with van der Waals surface area (Å²) < 4.78 is 0. The third kappa shape index (κ3) is 3.65. The average Bonchev–Trinajstić information content (AvgIpc) is 2.39. The second-order valence-electron chi connectivity index (χ2n) is 7.46. The summed E-state index contributed by atoms with van der Waals surface area (Å²) in [5.74, 6) is 0. The Morgan fingerprint density at radius 2 is 1.62 bits per heavy atom. The van der Waals surface area contributed by atoms with Gasteiger partial charge in [-0.1, -0.05) is 29.8 Å². The molecule has 0 spiro atoms. The summed E-state index contributed by atoms with van der Waals surface area (Å²) >= 11 is 0. The van der Waals surface area contributed by atoms with Gasteiger partial charge in [0, 0.05) is 11.1 Å². The molecule has 1 heterocycles. The first kappa shape index (κ1) is 16.5. The normalized spacial score (nSPS) is 23.0. The van der Waals surface area contributed by atoms with Crippen LogP contribution in [0.25, 0.3) is 0 Å². The Balaban J connectivity index is 2.21. The molecule has 1 fully saturated rings. The summed E-state index contributed by atoms with van der Waals surface area (Å²) in [5.41, 5.74) is 2.22. The maximum absolute atomic E-state index is 9.77. The van der Waals surface area contributed by atoms with Crippen LogP contribution >= 0.6 is 0 Å². The van der Waals surface area contributed by atoms with E-state index in [0.29, 0.717) is 0 Å². The van der Waals surface area contributed by atoms with Crippen molar-refractivity contribution in [3.05, 3.63) is 35.4 Å². The fourth-order valence-corrected chi connectivity index (χ4v) is 3.37. The Hall–Kier alpha value is -0.900. The highest BCUT2D eigenvalue weighted by molar-refractivity contribution is 5.23. The van der Waals surface area contributed by atoms with E-state index in [4.69, 9.17) is 4.84 Å². The highest BCUT2D eigenvalue weighted by atomic mass is 16.7. The molecule has 1 aromatic carbocycles.